The molecule has 0 fully saturated rings. The highest BCUT2D eigenvalue weighted by Crippen LogP contribution is 2.30. The molecule has 0 bridgehead atoms. The van der Waals surface area contributed by atoms with Crippen LogP contribution in [-0.4, -0.2) is 7.11 Å². The van der Waals surface area contributed by atoms with Crippen molar-refractivity contribution in [2.45, 2.75) is 6.61 Å². The summed E-state index contributed by atoms with van der Waals surface area (Å²) in [6.07, 6.45) is 0. The zero-order chi connectivity index (χ0) is 13.0. The van der Waals surface area contributed by atoms with Crippen LogP contribution in [0.25, 0.3) is 0 Å². The van der Waals surface area contributed by atoms with Gasteiger partial charge >= 0.3 is 0 Å². The van der Waals surface area contributed by atoms with Crippen molar-refractivity contribution in [1.82, 2.24) is 0 Å². The maximum atomic E-state index is 5.72. The Morgan fingerprint density at radius 2 is 1.78 bits per heavy atom. The van der Waals surface area contributed by atoms with Crippen molar-refractivity contribution in [3.05, 3.63) is 52.5 Å². The number of halogens is 1. The predicted octanol–water partition coefficient (Wildman–Crippen LogP) is 3.62. The van der Waals surface area contributed by atoms with Gasteiger partial charge in [0, 0.05) is 10.2 Å². The molecule has 0 atom stereocenters. The molecule has 2 rings (SSSR count). The summed E-state index contributed by atoms with van der Waals surface area (Å²) in [5.41, 5.74) is 7.44. The zero-order valence-corrected chi connectivity index (χ0v) is 11.6. The molecule has 0 amide bonds. The van der Waals surface area contributed by atoms with E-state index in [-0.39, 0.29) is 0 Å². The van der Waals surface area contributed by atoms with Gasteiger partial charge in [0.05, 0.1) is 7.11 Å². The van der Waals surface area contributed by atoms with Crippen LogP contribution in [0.4, 0.5) is 5.69 Å². The van der Waals surface area contributed by atoms with Crippen LogP contribution < -0.4 is 15.2 Å². The maximum absolute atomic E-state index is 5.72. The average molecular weight is 308 g/mol. The van der Waals surface area contributed by atoms with Crippen LogP contribution in [0.15, 0.2) is 46.9 Å². The number of hydrogen-bond donors (Lipinski definition) is 1. The molecule has 0 radical (unpaired) electrons. The number of benzene rings is 2. The zero-order valence-electron chi connectivity index (χ0n) is 10.0. The molecule has 2 aromatic carbocycles. The molecule has 0 saturated carbocycles. The van der Waals surface area contributed by atoms with Gasteiger partial charge in [0.25, 0.3) is 0 Å². The Morgan fingerprint density at radius 1 is 1.06 bits per heavy atom. The molecule has 0 aliphatic carbocycles. The first-order chi connectivity index (χ1) is 8.69. The minimum absolute atomic E-state index is 0.484. The van der Waals surface area contributed by atoms with Crippen molar-refractivity contribution < 1.29 is 9.47 Å². The van der Waals surface area contributed by atoms with Gasteiger partial charge in [0.1, 0.15) is 6.61 Å². The molecular formula is C14H14BrNO2. The molecule has 0 heterocycles. The maximum Gasteiger partial charge on any atom is 0.161 e. The Balaban J connectivity index is 2.08. The molecule has 0 spiro atoms. The van der Waals surface area contributed by atoms with E-state index in [1.807, 2.05) is 42.5 Å². The third-order valence-electron chi connectivity index (χ3n) is 2.50. The van der Waals surface area contributed by atoms with Gasteiger partial charge in [-0.1, -0.05) is 28.1 Å². The van der Waals surface area contributed by atoms with E-state index in [2.05, 4.69) is 15.9 Å². The summed E-state index contributed by atoms with van der Waals surface area (Å²) in [5, 5.41) is 0. The smallest absolute Gasteiger partial charge is 0.161 e. The third kappa shape index (κ3) is 3.17. The molecule has 0 aromatic heterocycles. The van der Waals surface area contributed by atoms with E-state index in [9.17, 15) is 0 Å². The Morgan fingerprint density at radius 3 is 2.44 bits per heavy atom. The Kier molecular flexibility index (Phi) is 4.10. The van der Waals surface area contributed by atoms with Crippen LogP contribution in [0, 0.1) is 0 Å². The number of ether oxygens (including phenoxy) is 2. The number of methoxy groups -OCH3 is 1. The van der Waals surface area contributed by atoms with E-state index in [1.54, 1.807) is 7.11 Å². The van der Waals surface area contributed by atoms with E-state index in [4.69, 9.17) is 15.2 Å². The highest BCUT2D eigenvalue weighted by Gasteiger charge is 2.05. The first-order valence-corrected chi connectivity index (χ1v) is 6.29. The van der Waals surface area contributed by atoms with E-state index < -0.39 is 0 Å². The second-order valence-corrected chi connectivity index (χ2v) is 4.74. The molecule has 2 aromatic rings. The number of rotatable bonds is 4. The highest BCUT2D eigenvalue weighted by molar-refractivity contribution is 9.10. The molecular weight excluding hydrogens is 294 g/mol. The van der Waals surface area contributed by atoms with E-state index in [1.165, 1.54) is 0 Å². The van der Waals surface area contributed by atoms with Gasteiger partial charge in [-0.15, -0.1) is 0 Å². The first-order valence-electron chi connectivity index (χ1n) is 5.50. The summed E-state index contributed by atoms with van der Waals surface area (Å²) in [6.45, 7) is 0.484. The van der Waals surface area contributed by atoms with Gasteiger partial charge in [-0.3, -0.25) is 0 Å². The molecule has 4 heteroatoms. The van der Waals surface area contributed by atoms with Gasteiger partial charge in [0.15, 0.2) is 11.5 Å². The number of nitrogen functional groups attached to an aromatic ring is 1. The number of anilines is 1. The first kappa shape index (κ1) is 12.8. The Labute approximate surface area is 115 Å². The summed E-state index contributed by atoms with van der Waals surface area (Å²) in [5.74, 6) is 1.43. The Bertz CT molecular complexity index is 526. The van der Waals surface area contributed by atoms with Crippen LogP contribution in [0.1, 0.15) is 5.56 Å². The van der Waals surface area contributed by atoms with Gasteiger partial charge in [-0.25, -0.2) is 0 Å². The van der Waals surface area contributed by atoms with Gasteiger partial charge in [-0.05, 0) is 35.9 Å². The largest absolute Gasteiger partial charge is 0.493 e. The highest BCUT2D eigenvalue weighted by atomic mass is 79.9. The summed E-state index contributed by atoms with van der Waals surface area (Å²) in [7, 11) is 1.62. The lowest BCUT2D eigenvalue weighted by Gasteiger charge is -2.11. The van der Waals surface area contributed by atoms with Crippen molar-refractivity contribution in [2.24, 2.45) is 0 Å². The van der Waals surface area contributed by atoms with E-state index in [0.717, 1.165) is 21.5 Å². The molecule has 0 unspecified atom stereocenters. The quantitative estimate of drug-likeness (QED) is 0.877. The van der Waals surface area contributed by atoms with Crippen molar-refractivity contribution in [2.75, 3.05) is 12.8 Å². The van der Waals surface area contributed by atoms with Crippen LogP contribution >= 0.6 is 15.9 Å². The lowest BCUT2D eigenvalue weighted by molar-refractivity contribution is 0.284. The standard InChI is InChI=1S/C14H14BrNO2/c1-17-14-8-11(15)4-7-13(14)18-9-10-2-5-12(16)6-3-10/h2-8H,9,16H2,1H3. The lowest BCUT2D eigenvalue weighted by Crippen LogP contribution is -1.98. The van der Waals surface area contributed by atoms with Crippen LogP contribution in [-0.2, 0) is 6.61 Å². The van der Waals surface area contributed by atoms with E-state index in [0.29, 0.717) is 12.4 Å². The molecule has 3 nitrogen and oxygen atoms in total. The predicted molar refractivity (Wildman–Crippen MR) is 75.9 cm³/mol. The third-order valence-corrected chi connectivity index (χ3v) is 2.99. The van der Waals surface area contributed by atoms with Gasteiger partial charge in [-0.2, -0.15) is 0 Å². The normalized spacial score (nSPS) is 10.1. The van der Waals surface area contributed by atoms with Crippen LogP contribution in [0.3, 0.4) is 0 Å². The number of hydrogen-bond acceptors (Lipinski definition) is 3. The number of nitrogens with two attached hydrogens (primary N) is 1. The minimum Gasteiger partial charge on any atom is -0.493 e. The fraction of sp³-hybridized carbons (Fsp3) is 0.143. The topological polar surface area (TPSA) is 44.5 Å². The fourth-order valence-electron chi connectivity index (χ4n) is 1.54. The van der Waals surface area contributed by atoms with E-state index >= 15 is 0 Å². The molecule has 0 aliphatic rings. The SMILES string of the molecule is COc1cc(Br)ccc1OCc1ccc(N)cc1. The summed E-state index contributed by atoms with van der Waals surface area (Å²) < 4.78 is 11.9. The molecule has 94 valence electrons. The molecule has 18 heavy (non-hydrogen) atoms. The average Bonchev–Trinajstić information content (AvgIpc) is 2.39. The fourth-order valence-corrected chi connectivity index (χ4v) is 1.88. The Hall–Kier alpha value is -1.68. The summed E-state index contributed by atoms with van der Waals surface area (Å²) >= 11 is 3.39. The van der Waals surface area contributed by atoms with Crippen LogP contribution in [0.2, 0.25) is 0 Å². The summed E-state index contributed by atoms with van der Waals surface area (Å²) in [4.78, 5) is 0. The van der Waals surface area contributed by atoms with Crippen molar-refractivity contribution in [1.29, 1.82) is 0 Å². The van der Waals surface area contributed by atoms with Gasteiger partial charge in [0.2, 0.25) is 0 Å². The summed E-state index contributed by atoms with van der Waals surface area (Å²) in [6, 6.07) is 13.3. The minimum atomic E-state index is 0.484. The second kappa shape index (κ2) is 5.78. The van der Waals surface area contributed by atoms with Crippen molar-refractivity contribution in [3.63, 3.8) is 0 Å². The van der Waals surface area contributed by atoms with Crippen LogP contribution in [0.5, 0.6) is 11.5 Å². The molecule has 0 aliphatic heterocycles. The molecule has 0 saturated heterocycles. The lowest BCUT2D eigenvalue weighted by atomic mass is 10.2. The monoisotopic (exact) mass is 307 g/mol. The van der Waals surface area contributed by atoms with Crippen molar-refractivity contribution in [3.8, 4) is 11.5 Å². The van der Waals surface area contributed by atoms with Gasteiger partial charge < -0.3 is 15.2 Å². The second-order valence-electron chi connectivity index (χ2n) is 3.83. The van der Waals surface area contributed by atoms with Crippen molar-refractivity contribution >= 4 is 21.6 Å². The molecule has 2 N–H and O–H groups in total.